The maximum Gasteiger partial charge on any atom is 0.163 e. The Morgan fingerprint density at radius 1 is 0.431 bits per heavy atom. The Kier molecular flexibility index (Phi) is 10.5. The fraction of sp³-hybridized carbons (Fsp3) is 0.208. The average molecular weight is 765 g/mol. The molecule has 0 unspecified atom stereocenters. The van der Waals surface area contributed by atoms with Crippen molar-refractivity contribution in [2.75, 3.05) is 50.2 Å². The average Bonchev–Trinajstić information content (AvgIpc) is 4.05. The fourth-order valence-corrected chi connectivity index (χ4v) is 7.78. The van der Waals surface area contributed by atoms with Gasteiger partial charge in [0.2, 0.25) is 0 Å². The molecule has 6 heterocycles. The van der Waals surface area contributed by atoms with Gasteiger partial charge in [-0.1, -0.05) is 36.4 Å². The monoisotopic (exact) mass is 764 g/mol. The SMILES string of the molecule is COc1cccc(-c2ccc3nc(-c4cccnc4)nc(N4CCCC4)c3c2)c1.COc1cccc(-c2ccc3nc(-c4cccnc4)nc(N4CCCC4)c3c2)c1. The zero-order valence-corrected chi connectivity index (χ0v) is 32.8. The third kappa shape index (κ3) is 7.73. The second kappa shape index (κ2) is 16.7. The Balaban J connectivity index is 0.000000150. The molecule has 0 saturated carbocycles. The van der Waals surface area contributed by atoms with Crippen LogP contribution in [-0.4, -0.2) is 70.3 Å². The molecular formula is C48H44N8O2. The summed E-state index contributed by atoms with van der Waals surface area (Å²) in [6, 6.07) is 36.9. The zero-order chi connectivity index (χ0) is 39.3. The molecule has 0 spiro atoms. The third-order valence-electron chi connectivity index (χ3n) is 10.8. The lowest BCUT2D eigenvalue weighted by molar-refractivity contribution is 0.415. The summed E-state index contributed by atoms with van der Waals surface area (Å²) >= 11 is 0. The molecule has 0 atom stereocenters. The van der Waals surface area contributed by atoms with Gasteiger partial charge in [-0.2, -0.15) is 0 Å². The molecule has 0 aliphatic carbocycles. The second-order valence-corrected chi connectivity index (χ2v) is 14.5. The van der Waals surface area contributed by atoms with Crippen molar-refractivity contribution in [1.29, 1.82) is 0 Å². The Morgan fingerprint density at radius 3 is 1.24 bits per heavy atom. The first-order valence-corrected chi connectivity index (χ1v) is 19.9. The largest absolute Gasteiger partial charge is 0.497 e. The minimum Gasteiger partial charge on any atom is -0.497 e. The van der Waals surface area contributed by atoms with Gasteiger partial charge in [-0.25, -0.2) is 19.9 Å². The van der Waals surface area contributed by atoms with Crippen LogP contribution in [0.25, 0.3) is 66.8 Å². The van der Waals surface area contributed by atoms with Crippen LogP contribution in [0.2, 0.25) is 0 Å². The molecule has 58 heavy (non-hydrogen) atoms. The highest BCUT2D eigenvalue weighted by Crippen LogP contribution is 2.35. The normalized spacial score (nSPS) is 13.8. The van der Waals surface area contributed by atoms with Gasteiger partial charge in [-0.05, 0) is 121 Å². The lowest BCUT2D eigenvalue weighted by Crippen LogP contribution is -2.20. The molecule has 4 aromatic heterocycles. The maximum absolute atomic E-state index is 5.39. The summed E-state index contributed by atoms with van der Waals surface area (Å²) in [5, 5.41) is 2.17. The van der Waals surface area contributed by atoms with Crippen LogP contribution in [0.3, 0.4) is 0 Å². The molecule has 0 amide bonds. The highest BCUT2D eigenvalue weighted by Gasteiger charge is 2.21. The molecular weight excluding hydrogens is 721 g/mol. The predicted molar refractivity (Wildman–Crippen MR) is 232 cm³/mol. The number of hydrogen-bond acceptors (Lipinski definition) is 10. The number of rotatable bonds is 8. The third-order valence-corrected chi connectivity index (χ3v) is 10.8. The minimum atomic E-state index is 0.724. The number of aromatic nitrogens is 6. The van der Waals surface area contributed by atoms with E-state index in [1.165, 1.54) is 25.7 Å². The topological polar surface area (TPSA) is 102 Å². The van der Waals surface area contributed by atoms with E-state index < -0.39 is 0 Å². The van der Waals surface area contributed by atoms with Crippen molar-refractivity contribution >= 4 is 33.4 Å². The van der Waals surface area contributed by atoms with Crippen molar-refractivity contribution < 1.29 is 9.47 Å². The first kappa shape index (κ1) is 36.7. The molecule has 288 valence electrons. The second-order valence-electron chi connectivity index (χ2n) is 14.5. The molecule has 10 nitrogen and oxygen atoms in total. The van der Waals surface area contributed by atoms with Crippen LogP contribution in [0.4, 0.5) is 11.6 Å². The highest BCUT2D eigenvalue weighted by molar-refractivity contribution is 5.95. The van der Waals surface area contributed by atoms with Crippen molar-refractivity contribution in [3.05, 3.63) is 134 Å². The fourth-order valence-electron chi connectivity index (χ4n) is 7.78. The van der Waals surface area contributed by atoms with Gasteiger partial charge in [0.15, 0.2) is 11.6 Å². The van der Waals surface area contributed by atoms with Crippen molar-refractivity contribution in [2.45, 2.75) is 25.7 Å². The van der Waals surface area contributed by atoms with Crippen LogP contribution in [0.5, 0.6) is 11.5 Å². The lowest BCUT2D eigenvalue weighted by atomic mass is 10.0. The summed E-state index contributed by atoms with van der Waals surface area (Å²) in [5.74, 6) is 5.17. The Morgan fingerprint density at radius 2 is 0.845 bits per heavy atom. The van der Waals surface area contributed by atoms with E-state index in [0.717, 1.165) is 116 Å². The Bertz CT molecular complexity index is 2490. The van der Waals surface area contributed by atoms with E-state index in [9.17, 15) is 0 Å². The standard InChI is InChI=1S/2C24H22N4O/c2*1-29-20-8-4-6-17(14-20)18-9-10-22-21(15-18)24(28-12-2-3-13-28)27-23(26-22)19-7-5-11-25-16-19/h2*4-11,14-16H,2-3,12-13H2,1H3. The molecule has 0 radical (unpaired) electrons. The van der Waals surface area contributed by atoms with Crippen molar-refractivity contribution in [1.82, 2.24) is 29.9 Å². The van der Waals surface area contributed by atoms with Crippen LogP contribution < -0.4 is 19.3 Å². The number of hydrogen-bond donors (Lipinski definition) is 0. The Labute approximate surface area is 338 Å². The van der Waals surface area contributed by atoms with E-state index in [1.807, 2.05) is 60.9 Å². The maximum atomic E-state index is 5.39. The number of methoxy groups -OCH3 is 2. The van der Waals surface area contributed by atoms with Gasteiger partial charge < -0.3 is 19.3 Å². The minimum absolute atomic E-state index is 0.724. The first-order chi connectivity index (χ1) is 28.6. The molecule has 2 aliphatic heterocycles. The molecule has 10 rings (SSSR count). The van der Waals surface area contributed by atoms with Crippen molar-refractivity contribution in [3.63, 3.8) is 0 Å². The molecule has 8 aromatic rings. The number of fused-ring (bicyclic) bond motifs is 2. The summed E-state index contributed by atoms with van der Waals surface area (Å²) in [5.41, 5.74) is 8.28. The summed E-state index contributed by atoms with van der Waals surface area (Å²) in [6.07, 6.45) is 12.0. The molecule has 4 aromatic carbocycles. The molecule has 2 saturated heterocycles. The highest BCUT2D eigenvalue weighted by atomic mass is 16.5. The van der Waals surface area contributed by atoms with E-state index in [0.29, 0.717) is 0 Å². The van der Waals surface area contributed by atoms with Gasteiger partial charge in [0.05, 0.1) is 25.3 Å². The van der Waals surface area contributed by atoms with Crippen LogP contribution in [0.1, 0.15) is 25.7 Å². The Hall–Kier alpha value is -6.94. The summed E-state index contributed by atoms with van der Waals surface area (Å²) < 4.78 is 10.8. The lowest BCUT2D eigenvalue weighted by Gasteiger charge is -2.20. The smallest absolute Gasteiger partial charge is 0.163 e. The van der Waals surface area contributed by atoms with Gasteiger partial charge in [-0.3, -0.25) is 9.97 Å². The molecule has 10 heteroatoms. The quantitative estimate of drug-likeness (QED) is 0.149. The number of anilines is 2. The number of pyridine rings is 2. The summed E-state index contributed by atoms with van der Waals surface area (Å²) in [4.78, 5) is 32.8. The molecule has 0 N–H and O–H groups in total. The van der Waals surface area contributed by atoms with Gasteiger partial charge in [0.1, 0.15) is 23.1 Å². The number of benzene rings is 4. The predicted octanol–water partition coefficient (Wildman–Crippen LogP) is 9.94. The summed E-state index contributed by atoms with van der Waals surface area (Å²) in [7, 11) is 3.39. The van der Waals surface area contributed by atoms with Crippen molar-refractivity contribution in [3.8, 4) is 56.5 Å². The van der Waals surface area contributed by atoms with E-state index in [4.69, 9.17) is 29.4 Å². The molecule has 2 aliphatic rings. The van der Waals surface area contributed by atoms with E-state index in [2.05, 4.69) is 80.4 Å². The van der Waals surface area contributed by atoms with Gasteiger partial charge in [-0.15, -0.1) is 0 Å². The summed E-state index contributed by atoms with van der Waals surface area (Å²) in [6.45, 7) is 4.12. The van der Waals surface area contributed by atoms with Gasteiger partial charge >= 0.3 is 0 Å². The van der Waals surface area contributed by atoms with Crippen LogP contribution in [0, 0.1) is 0 Å². The van der Waals surface area contributed by atoms with Gasteiger partial charge in [0, 0.05) is 72.9 Å². The molecule has 2 fully saturated rings. The first-order valence-electron chi connectivity index (χ1n) is 19.9. The van der Waals surface area contributed by atoms with E-state index in [1.54, 1.807) is 26.6 Å². The number of ether oxygens (including phenoxy) is 2. The van der Waals surface area contributed by atoms with Crippen LogP contribution >= 0.6 is 0 Å². The molecule has 0 bridgehead atoms. The van der Waals surface area contributed by atoms with Crippen molar-refractivity contribution in [2.24, 2.45) is 0 Å². The zero-order valence-electron chi connectivity index (χ0n) is 32.8. The van der Waals surface area contributed by atoms with Crippen LogP contribution in [0.15, 0.2) is 134 Å². The van der Waals surface area contributed by atoms with Crippen LogP contribution in [-0.2, 0) is 0 Å². The van der Waals surface area contributed by atoms with E-state index in [-0.39, 0.29) is 0 Å². The number of nitrogens with zero attached hydrogens (tertiary/aromatic N) is 8. The van der Waals surface area contributed by atoms with E-state index >= 15 is 0 Å². The van der Waals surface area contributed by atoms with Gasteiger partial charge in [0.25, 0.3) is 0 Å².